The number of Topliss-reactive ketones (excluding diaryl/α,β-unsaturated/α-hetero) is 4. The summed E-state index contributed by atoms with van der Waals surface area (Å²) in [6.45, 7) is 6.99. The summed E-state index contributed by atoms with van der Waals surface area (Å²) in [5.74, 6) is -6.84. The molecular weight excluding hydrogens is 794 g/mol. The largest absolute Gasteiger partial charge is 0.472 e. The first kappa shape index (κ1) is 45.4. The van der Waals surface area contributed by atoms with Gasteiger partial charge in [-0.25, -0.2) is 9.97 Å². The first-order valence-electron chi connectivity index (χ1n) is 21.4. The summed E-state index contributed by atoms with van der Waals surface area (Å²) < 4.78 is 48.1. The number of hydrogen-bond donors (Lipinski definition) is 1. The molecule has 1 aromatic carbocycles. The van der Waals surface area contributed by atoms with Crippen molar-refractivity contribution in [2.45, 2.75) is 136 Å². The second-order valence-electron chi connectivity index (χ2n) is 18.0. The van der Waals surface area contributed by atoms with Crippen LogP contribution in [0.25, 0.3) is 10.9 Å². The van der Waals surface area contributed by atoms with Crippen molar-refractivity contribution >= 4 is 45.9 Å². The lowest BCUT2D eigenvalue weighted by Crippen LogP contribution is -2.51. The molecule has 2 saturated carbocycles. The molecule has 13 nitrogen and oxygen atoms in total. The Bertz CT molecular complexity index is 2100. The van der Waals surface area contributed by atoms with E-state index >= 15 is 4.79 Å². The van der Waals surface area contributed by atoms with E-state index in [0.717, 1.165) is 32.1 Å². The number of halogens is 3. The molecule has 3 fully saturated rings. The summed E-state index contributed by atoms with van der Waals surface area (Å²) in [5, 5.41) is 3.08. The van der Waals surface area contributed by atoms with Crippen LogP contribution >= 0.6 is 0 Å². The standard InChI is InChI=1S/C45H55F3N6O7/c1-5-11-28(39(58)37(57)20-26-16-17-26)21-35(55)34-22-29(61-41-30-14-9-10-15-32(30)51-43(53-41)45(46,47)48)25-54(34)42(60)31(44(2,3)4)23-36(56)38(27-12-7-6-8-13-27)52-40(59)33-24-49-18-19-50-33/h9-10,14-15,18-19,24,26-29,31,34,38H,5-8,11-13,16-17,20-23,25H2,1-4H3,(H,52,59)/t28-,29-,31-,34+,38+/m1/s1. The normalized spacial score (nSPS) is 20.1. The average Bonchev–Trinajstić information content (AvgIpc) is 3.95. The summed E-state index contributed by atoms with van der Waals surface area (Å²) >= 11 is 0. The van der Waals surface area contributed by atoms with Gasteiger partial charge in [0.05, 0.1) is 35.7 Å². The number of benzene rings is 1. The average molecular weight is 849 g/mol. The van der Waals surface area contributed by atoms with Gasteiger partial charge in [0.25, 0.3) is 5.91 Å². The molecule has 0 radical (unpaired) electrons. The molecule has 5 atom stereocenters. The molecule has 2 amide bonds. The number of nitrogens with zero attached hydrogens (tertiary/aromatic N) is 5. The lowest BCUT2D eigenvalue weighted by atomic mass is 9.74. The van der Waals surface area contributed by atoms with Crippen LogP contribution < -0.4 is 10.1 Å². The highest BCUT2D eigenvalue weighted by Crippen LogP contribution is 2.38. The quantitative estimate of drug-likeness (QED) is 0.129. The van der Waals surface area contributed by atoms with E-state index in [1.807, 2.05) is 6.92 Å². The van der Waals surface area contributed by atoms with Crippen LogP contribution in [-0.2, 0) is 30.1 Å². The number of ether oxygens (including phenoxy) is 1. The highest BCUT2D eigenvalue weighted by Gasteiger charge is 2.48. The van der Waals surface area contributed by atoms with Crippen LogP contribution in [0.1, 0.15) is 127 Å². The van der Waals surface area contributed by atoms with E-state index in [2.05, 4.69) is 25.3 Å². The fraction of sp³-hybridized carbons (Fsp3) is 0.600. The second kappa shape index (κ2) is 19.3. The fourth-order valence-corrected chi connectivity index (χ4v) is 8.67. The Labute approximate surface area is 353 Å². The second-order valence-corrected chi connectivity index (χ2v) is 18.0. The van der Waals surface area contributed by atoms with E-state index in [9.17, 15) is 37.1 Å². The number of nitrogens with one attached hydrogen (secondary N) is 1. The zero-order valence-corrected chi connectivity index (χ0v) is 35.2. The molecule has 328 valence electrons. The van der Waals surface area contributed by atoms with Crippen molar-refractivity contribution in [2.24, 2.45) is 29.1 Å². The number of fused-ring (bicyclic) bond motifs is 1. The van der Waals surface area contributed by atoms with E-state index in [1.54, 1.807) is 26.8 Å². The van der Waals surface area contributed by atoms with Crippen molar-refractivity contribution < 1.29 is 46.7 Å². The molecular formula is C45H55F3N6O7. The molecule has 0 bridgehead atoms. The van der Waals surface area contributed by atoms with E-state index in [-0.39, 0.29) is 78.7 Å². The molecule has 6 rings (SSSR count). The van der Waals surface area contributed by atoms with Crippen molar-refractivity contribution in [1.29, 1.82) is 0 Å². The van der Waals surface area contributed by atoms with Crippen LogP contribution in [0.3, 0.4) is 0 Å². The van der Waals surface area contributed by atoms with E-state index in [0.29, 0.717) is 19.3 Å². The fourth-order valence-electron chi connectivity index (χ4n) is 8.67. The van der Waals surface area contributed by atoms with Crippen molar-refractivity contribution in [3.63, 3.8) is 0 Å². The first-order chi connectivity index (χ1) is 28.9. The number of ketones is 4. The molecule has 3 aromatic rings. The van der Waals surface area contributed by atoms with Gasteiger partial charge in [0.2, 0.25) is 23.4 Å². The predicted molar refractivity (Wildman–Crippen MR) is 217 cm³/mol. The molecule has 2 aromatic heterocycles. The highest BCUT2D eigenvalue weighted by atomic mass is 19.4. The molecule has 0 spiro atoms. The van der Waals surface area contributed by atoms with Crippen molar-refractivity contribution in [1.82, 2.24) is 30.2 Å². The smallest absolute Gasteiger partial charge is 0.451 e. The monoisotopic (exact) mass is 848 g/mol. The van der Waals surface area contributed by atoms with Gasteiger partial charge in [-0.3, -0.25) is 33.8 Å². The van der Waals surface area contributed by atoms with E-state index < -0.39 is 76.6 Å². The third kappa shape index (κ3) is 11.4. The molecule has 1 aliphatic heterocycles. The molecule has 61 heavy (non-hydrogen) atoms. The maximum absolute atomic E-state index is 15.0. The summed E-state index contributed by atoms with van der Waals surface area (Å²) in [6, 6.07) is 3.91. The predicted octanol–water partition coefficient (Wildman–Crippen LogP) is 7.10. The molecule has 0 unspecified atom stereocenters. The molecule has 1 saturated heterocycles. The van der Waals surface area contributed by atoms with Crippen molar-refractivity contribution in [2.75, 3.05) is 6.54 Å². The van der Waals surface area contributed by atoms with Crippen LogP contribution in [0.15, 0.2) is 42.9 Å². The van der Waals surface area contributed by atoms with Crippen molar-refractivity contribution in [3.05, 3.63) is 54.4 Å². The van der Waals surface area contributed by atoms with Crippen LogP contribution in [0.2, 0.25) is 0 Å². The van der Waals surface area contributed by atoms with Gasteiger partial charge in [-0.05, 0) is 61.5 Å². The number of carbonyl (C=O) groups is 6. The lowest BCUT2D eigenvalue weighted by Gasteiger charge is -2.36. The number of aromatic nitrogens is 4. The van der Waals surface area contributed by atoms with Crippen LogP contribution in [0.5, 0.6) is 5.88 Å². The zero-order valence-electron chi connectivity index (χ0n) is 35.2. The maximum Gasteiger partial charge on any atom is 0.451 e. The van der Waals surface area contributed by atoms with Gasteiger partial charge in [0.1, 0.15) is 11.8 Å². The Balaban J connectivity index is 1.31. The third-order valence-corrected chi connectivity index (χ3v) is 12.2. The van der Waals surface area contributed by atoms with Gasteiger partial charge >= 0.3 is 6.18 Å². The Morgan fingerprint density at radius 1 is 0.934 bits per heavy atom. The van der Waals surface area contributed by atoms with Gasteiger partial charge in [-0.2, -0.15) is 18.2 Å². The summed E-state index contributed by atoms with van der Waals surface area (Å²) in [4.78, 5) is 101. The lowest BCUT2D eigenvalue weighted by molar-refractivity contribution is -0.147. The topological polar surface area (TPSA) is 178 Å². The molecule has 16 heteroatoms. The molecule has 3 aliphatic rings. The Morgan fingerprint density at radius 3 is 2.30 bits per heavy atom. The van der Waals surface area contributed by atoms with Gasteiger partial charge in [-0.1, -0.05) is 65.5 Å². The number of carbonyl (C=O) groups excluding carboxylic acids is 6. The number of alkyl halides is 3. The summed E-state index contributed by atoms with van der Waals surface area (Å²) in [6.07, 6.45) is 4.23. The minimum absolute atomic E-state index is 0.0135. The van der Waals surface area contributed by atoms with E-state index in [1.165, 1.54) is 41.7 Å². The Hall–Kier alpha value is -5.15. The maximum atomic E-state index is 15.0. The molecule has 2 aliphatic carbocycles. The number of amides is 2. The van der Waals surface area contributed by atoms with Crippen molar-refractivity contribution in [3.8, 4) is 5.88 Å². The Morgan fingerprint density at radius 2 is 1.66 bits per heavy atom. The van der Waals surface area contributed by atoms with E-state index in [4.69, 9.17) is 4.74 Å². The number of rotatable bonds is 18. The van der Waals surface area contributed by atoms with Crippen LogP contribution in [-0.4, -0.2) is 84.5 Å². The Kier molecular flexibility index (Phi) is 14.3. The SMILES string of the molecule is CCC[C@H](CC(=O)[C@@H]1C[C@@H](Oc2nc(C(F)(F)F)nc3ccccc23)CN1C(=O)[C@@H](CC(=O)[C@@H](NC(=O)c1cnccn1)C1CCCCC1)C(C)(C)C)C(=O)C(=O)CC1CC1. The molecule has 1 N–H and O–H groups in total. The molecule has 3 heterocycles. The minimum Gasteiger partial charge on any atom is -0.472 e. The highest BCUT2D eigenvalue weighted by molar-refractivity contribution is 6.38. The first-order valence-corrected chi connectivity index (χ1v) is 21.4. The third-order valence-electron chi connectivity index (χ3n) is 12.2. The summed E-state index contributed by atoms with van der Waals surface area (Å²) in [5.41, 5.74) is -0.830. The summed E-state index contributed by atoms with van der Waals surface area (Å²) in [7, 11) is 0. The number of para-hydroxylation sites is 1. The van der Waals surface area contributed by atoms with Gasteiger partial charge in [-0.15, -0.1) is 0 Å². The van der Waals surface area contributed by atoms with Crippen LogP contribution in [0.4, 0.5) is 13.2 Å². The van der Waals surface area contributed by atoms with Crippen LogP contribution in [0, 0.1) is 29.1 Å². The number of hydrogen-bond acceptors (Lipinski definition) is 11. The van der Waals surface area contributed by atoms with Gasteiger partial charge in [0, 0.05) is 49.9 Å². The van der Waals surface area contributed by atoms with Gasteiger partial charge < -0.3 is 15.0 Å². The zero-order chi connectivity index (χ0) is 44.1. The minimum atomic E-state index is -4.90. The van der Waals surface area contributed by atoms with Gasteiger partial charge in [0.15, 0.2) is 17.3 Å². The number of likely N-dealkylation sites (tertiary alicyclic amines) is 1.